The van der Waals surface area contributed by atoms with Crippen molar-refractivity contribution in [3.8, 4) is 11.5 Å². The second-order valence-electron chi connectivity index (χ2n) is 4.98. The van der Waals surface area contributed by atoms with Gasteiger partial charge in [0.25, 0.3) is 0 Å². The van der Waals surface area contributed by atoms with Crippen LogP contribution in [0.5, 0.6) is 11.5 Å². The van der Waals surface area contributed by atoms with E-state index in [2.05, 4.69) is 32.0 Å². The van der Waals surface area contributed by atoms with Gasteiger partial charge in [-0.3, -0.25) is 4.79 Å². The molecule has 0 radical (unpaired) electrons. The quantitative estimate of drug-likeness (QED) is 0.749. The Kier molecular flexibility index (Phi) is 4.99. The summed E-state index contributed by atoms with van der Waals surface area (Å²) < 4.78 is 11.4. The van der Waals surface area contributed by atoms with E-state index in [1.807, 2.05) is 6.92 Å². The first-order valence-corrected chi connectivity index (χ1v) is 7.05. The molecule has 0 fully saturated rings. The van der Waals surface area contributed by atoms with Gasteiger partial charge in [-0.1, -0.05) is 23.8 Å². The minimum Gasteiger partial charge on any atom is -0.490 e. The van der Waals surface area contributed by atoms with Crippen LogP contribution >= 0.6 is 0 Å². The lowest BCUT2D eigenvalue weighted by atomic mass is 10.1. The predicted molar refractivity (Wildman–Crippen MR) is 83.2 cm³/mol. The lowest BCUT2D eigenvalue weighted by Crippen LogP contribution is -2.02. The van der Waals surface area contributed by atoms with Crippen molar-refractivity contribution in [1.82, 2.24) is 0 Å². The Morgan fingerprint density at radius 2 is 1.81 bits per heavy atom. The molecule has 0 aliphatic rings. The molecule has 2 rings (SSSR count). The summed E-state index contributed by atoms with van der Waals surface area (Å²) in [6, 6.07) is 11.5. The van der Waals surface area contributed by atoms with Crippen molar-refractivity contribution < 1.29 is 14.3 Å². The van der Waals surface area contributed by atoms with E-state index >= 15 is 0 Å². The van der Waals surface area contributed by atoms with Crippen molar-refractivity contribution in [2.24, 2.45) is 0 Å². The van der Waals surface area contributed by atoms with Gasteiger partial charge in [0.05, 0.1) is 6.61 Å². The van der Waals surface area contributed by atoms with Gasteiger partial charge in [0.1, 0.15) is 12.9 Å². The Labute approximate surface area is 125 Å². The Bertz CT molecular complexity index is 632. The highest BCUT2D eigenvalue weighted by molar-refractivity contribution is 5.76. The number of aryl methyl sites for hydroxylation is 2. The van der Waals surface area contributed by atoms with Crippen molar-refractivity contribution in [2.75, 3.05) is 6.61 Å². The molecule has 0 aromatic heterocycles. The standard InChI is InChI=1S/C18H20O3/c1-4-20-18-10-15(11-19)7-8-17(18)21-12-16-9-13(2)5-6-14(16)3/h5-11H,4,12H2,1-3H3. The topological polar surface area (TPSA) is 35.5 Å². The van der Waals surface area contributed by atoms with Gasteiger partial charge in [-0.25, -0.2) is 0 Å². The van der Waals surface area contributed by atoms with Crippen LogP contribution in [0.2, 0.25) is 0 Å². The first kappa shape index (κ1) is 15.1. The van der Waals surface area contributed by atoms with E-state index in [0.29, 0.717) is 30.3 Å². The molecular formula is C18H20O3. The zero-order chi connectivity index (χ0) is 15.2. The van der Waals surface area contributed by atoms with E-state index in [1.165, 1.54) is 11.1 Å². The molecule has 0 atom stereocenters. The number of hydrogen-bond donors (Lipinski definition) is 0. The van der Waals surface area contributed by atoms with Crippen LogP contribution in [0, 0.1) is 13.8 Å². The van der Waals surface area contributed by atoms with Crippen molar-refractivity contribution >= 4 is 6.29 Å². The summed E-state index contributed by atoms with van der Waals surface area (Å²) in [5, 5.41) is 0. The van der Waals surface area contributed by atoms with Gasteiger partial charge in [-0.05, 0) is 50.1 Å². The van der Waals surface area contributed by atoms with Gasteiger partial charge >= 0.3 is 0 Å². The summed E-state index contributed by atoms with van der Waals surface area (Å²) in [5.74, 6) is 1.26. The van der Waals surface area contributed by atoms with Crippen LogP contribution in [0.3, 0.4) is 0 Å². The minimum absolute atomic E-state index is 0.480. The molecule has 3 heteroatoms. The summed E-state index contributed by atoms with van der Waals surface area (Å²) >= 11 is 0. The molecule has 0 saturated carbocycles. The largest absolute Gasteiger partial charge is 0.490 e. The molecule has 3 nitrogen and oxygen atoms in total. The number of aldehydes is 1. The van der Waals surface area contributed by atoms with Gasteiger partial charge in [-0.2, -0.15) is 0 Å². The van der Waals surface area contributed by atoms with Crippen molar-refractivity contribution in [3.63, 3.8) is 0 Å². The van der Waals surface area contributed by atoms with Gasteiger partial charge < -0.3 is 9.47 Å². The minimum atomic E-state index is 0.480. The Balaban J connectivity index is 2.19. The number of ether oxygens (including phenoxy) is 2. The second-order valence-corrected chi connectivity index (χ2v) is 4.98. The average molecular weight is 284 g/mol. The normalized spacial score (nSPS) is 10.2. The molecule has 0 aliphatic carbocycles. The predicted octanol–water partition coefficient (Wildman–Crippen LogP) is 4.09. The summed E-state index contributed by atoms with van der Waals surface area (Å²) in [6.07, 6.45) is 0.803. The van der Waals surface area contributed by atoms with Gasteiger partial charge in [0, 0.05) is 5.56 Å². The van der Waals surface area contributed by atoms with E-state index in [4.69, 9.17) is 9.47 Å². The zero-order valence-electron chi connectivity index (χ0n) is 12.7. The molecule has 21 heavy (non-hydrogen) atoms. The number of carbonyl (C=O) groups excluding carboxylic acids is 1. The van der Waals surface area contributed by atoms with Crippen molar-refractivity contribution in [2.45, 2.75) is 27.4 Å². The van der Waals surface area contributed by atoms with E-state index in [9.17, 15) is 4.79 Å². The molecule has 0 bridgehead atoms. The van der Waals surface area contributed by atoms with Crippen molar-refractivity contribution in [1.29, 1.82) is 0 Å². The number of hydrogen-bond acceptors (Lipinski definition) is 3. The smallest absolute Gasteiger partial charge is 0.161 e. The van der Waals surface area contributed by atoms with E-state index < -0.39 is 0 Å². The summed E-state index contributed by atoms with van der Waals surface area (Å²) in [7, 11) is 0. The van der Waals surface area contributed by atoms with E-state index in [-0.39, 0.29) is 0 Å². The summed E-state index contributed by atoms with van der Waals surface area (Å²) in [4.78, 5) is 10.8. The van der Waals surface area contributed by atoms with Crippen LogP contribution < -0.4 is 9.47 Å². The SMILES string of the molecule is CCOc1cc(C=O)ccc1OCc1cc(C)ccc1C. The third-order valence-electron chi connectivity index (χ3n) is 3.29. The third kappa shape index (κ3) is 3.85. The Hall–Kier alpha value is -2.29. The fraction of sp³-hybridized carbons (Fsp3) is 0.278. The number of rotatable bonds is 6. The molecular weight excluding hydrogens is 264 g/mol. The Morgan fingerprint density at radius 1 is 1.00 bits per heavy atom. The average Bonchev–Trinajstić information content (AvgIpc) is 2.49. The molecule has 2 aromatic carbocycles. The van der Waals surface area contributed by atoms with E-state index in [1.54, 1.807) is 18.2 Å². The van der Waals surface area contributed by atoms with Crippen LogP contribution in [-0.2, 0) is 6.61 Å². The molecule has 0 aliphatic heterocycles. The maximum Gasteiger partial charge on any atom is 0.161 e. The molecule has 0 saturated heterocycles. The van der Waals surface area contributed by atoms with Gasteiger partial charge in [0.15, 0.2) is 11.5 Å². The molecule has 0 spiro atoms. The fourth-order valence-electron chi connectivity index (χ4n) is 2.10. The lowest BCUT2D eigenvalue weighted by molar-refractivity contribution is 0.112. The van der Waals surface area contributed by atoms with Crippen LogP contribution in [0.25, 0.3) is 0 Å². The zero-order valence-corrected chi connectivity index (χ0v) is 12.7. The fourth-order valence-corrected chi connectivity index (χ4v) is 2.10. The Morgan fingerprint density at radius 3 is 2.52 bits per heavy atom. The first-order chi connectivity index (χ1) is 10.1. The molecule has 0 unspecified atom stereocenters. The molecule has 0 heterocycles. The maximum absolute atomic E-state index is 10.8. The van der Waals surface area contributed by atoms with Gasteiger partial charge in [-0.15, -0.1) is 0 Å². The molecule has 110 valence electrons. The highest BCUT2D eigenvalue weighted by atomic mass is 16.5. The highest BCUT2D eigenvalue weighted by Crippen LogP contribution is 2.29. The molecule has 0 amide bonds. The lowest BCUT2D eigenvalue weighted by Gasteiger charge is -2.13. The van der Waals surface area contributed by atoms with Crippen molar-refractivity contribution in [3.05, 3.63) is 58.7 Å². The molecule has 2 aromatic rings. The van der Waals surface area contributed by atoms with Crippen LogP contribution in [0.15, 0.2) is 36.4 Å². The monoisotopic (exact) mass is 284 g/mol. The summed E-state index contributed by atoms with van der Waals surface area (Å²) in [5.41, 5.74) is 4.14. The number of benzene rings is 2. The molecule has 0 N–H and O–H groups in total. The number of carbonyl (C=O) groups is 1. The first-order valence-electron chi connectivity index (χ1n) is 7.05. The maximum atomic E-state index is 10.8. The summed E-state index contributed by atoms with van der Waals surface area (Å²) in [6.45, 7) is 7.04. The van der Waals surface area contributed by atoms with Crippen LogP contribution in [0.4, 0.5) is 0 Å². The second kappa shape index (κ2) is 6.93. The third-order valence-corrected chi connectivity index (χ3v) is 3.29. The van der Waals surface area contributed by atoms with Crippen LogP contribution in [0.1, 0.15) is 34.0 Å². The highest BCUT2D eigenvalue weighted by Gasteiger charge is 2.08. The van der Waals surface area contributed by atoms with E-state index in [0.717, 1.165) is 11.8 Å². The van der Waals surface area contributed by atoms with Crippen LogP contribution in [-0.4, -0.2) is 12.9 Å². The van der Waals surface area contributed by atoms with Gasteiger partial charge in [0.2, 0.25) is 0 Å².